The van der Waals surface area contributed by atoms with Crippen LogP contribution in [0.1, 0.15) is 32.3 Å². The number of nitrogens with zero attached hydrogens (tertiary/aromatic N) is 3. The lowest BCUT2D eigenvalue weighted by Crippen LogP contribution is -2.25. The number of rotatable bonds is 9. The van der Waals surface area contributed by atoms with Gasteiger partial charge in [0.25, 0.3) is 0 Å². The fourth-order valence-corrected chi connectivity index (χ4v) is 1.79. The molecule has 1 aliphatic carbocycles. The smallest absolute Gasteiger partial charge is 0.225 e. The molecule has 1 aliphatic rings. The van der Waals surface area contributed by atoms with Gasteiger partial charge in [-0.25, -0.2) is 9.97 Å². The molecule has 0 radical (unpaired) electrons. The number of hydrogen-bond acceptors (Lipinski definition) is 5. The van der Waals surface area contributed by atoms with Crippen LogP contribution in [0, 0.1) is 5.92 Å². The average Bonchev–Trinajstić information content (AvgIpc) is 3.26. The van der Waals surface area contributed by atoms with E-state index in [2.05, 4.69) is 29.1 Å². The van der Waals surface area contributed by atoms with Gasteiger partial charge in [-0.05, 0) is 18.8 Å². The third-order valence-corrected chi connectivity index (χ3v) is 3.37. The maximum atomic E-state index is 5.63. The molecule has 1 aromatic rings. The summed E-state index contributed by atoms with van der Waals surface area (Å²) in [4.78, 5) is 10.8. The van der Waals surface area contributed by atoms with Gasteiger partial charge >= 0.3 is 0 Å². The van der Waals surface area contributed by atoms with Crippen molar-refractivity contribution in [3.05, 3.63) is 18.0 Å². The van der Waals surface area contributed by atoms with Gasteiger partial charge in [0.2, 0.25) is 5.95 Å². The van der Waals surface area contributed by atoms with Crippen LogP contribution in [0.5, 0.6) is 0 Å². The summed E-state index contributed by atoms with van der Waals surface area (Å²) in [6.45, 7) is 7.55. The van der Waals surface area contributed by atoms with Crippen LogP contribution in [0.2, 0.25) is 0 Å². The fourth-order valence-electron chi connectivity index (χ4n) is 1.79. The summed E-state index contributed by atoms with van der Waals surface area (Å²) in [6, 6.07) is 0.473. The summed E-state index contributed by atoms with van der Waals surface area (Å²) in [5, 5.41) is 3.36. The molecular formula is C15H26N4O. The van der Waals surface area contributed by atoms with Crippen LogP contribution < -0.4 is 10.2 Å². The maximum absolute atomic E-state index is 5.63. The summed E-state index contributed by atoms with van der Waals surface area (Å²) in [6.07, 6.45) is 6.45. The van der Waals surface area contributed by atoms with E-state index < -0.39 is 0 Å². The van der Waals surface area contributed by atoms with Gasteiger partial charge in [-0.1, -0.05) is 13.8 Å². The molecule has 0 bridgehead atoms. The van der Waals surface area contributed by atoms with E-state index in [4.69, 9.17) is 4.74 Å². The van der Waals surface area contributed by atoms with Crippen LogP contribution in [0.3, 0.4) is 0 Å². The molecule has 1 aromatic heterocycles. The molecule has 0 atom stereocenters. The topological polar surface area (TPSA) is 50.3 Å². The largest absolute Gasteiger partial charge is 0.379 e. The van der Waals surface area contributed by atoms with Crippen LogP contribution >= 0.6 is 0 Å². The molecule has 112 valence electrons. The monoisotopic (exact) mass is 278 g/mol. The molecule has 0 aliphatic heterocycles. The van der Waals surface area contributed by atoms with Crippen LogP contribution in [0.25, 0.3) is 0 Å². The van der Waals surface area contributed by atoms with E-state index in [1.807, 2.05) is 24.3 Å². The summed E-state index contributed by atoms with van der Waals surface area (Å²) < 4.78 is 5.63. The Bertz CT molecular complexity index is 389. The molecule has 5 nitrogen and oxygen atoms in total. The first-order valence-electron chi connectivity index (χ1n) is 7.48. The predicted molar refractivity (Wildman–Crippen MR) is 80.8 cm³/mol. The molecule has 20 heavy (non-hydrogen) atoms. The number of aromatic nitrogens is 2. The van der Waals surface area contributed by atoms with Gasteiger partial charge in [-0.2, -0.15) is 0 Å². The van der Waals surface area contributed by atoms with Gasteiger partial charge < -0.3 is 15.0 Å². The van der Waals surface area contributed by atoms with Gasteiger partial charge in [0, 0.05) is 50.7 Å². The lowest BCUT2D eigenvalue weighted by molar-refractivity contribution is 0.130. The van der Waals surface area contributed by atoms with Crippen LogP contribution in [-0.4, -0.2) is 42.8 Å². The summed E-state index contributed by atoms with van der Waals surface area (Å²) in [5.74, 6) is 1.58. The molecule has 1 N–H and O–H groups in total. The van der Waals surface area contributed by atoms with E-state index in [1.54, 1.807) is 0 Å². The maximum Gasteiger partial charge on any atom is 0.225 e. The number of anilines is 1. The van der Waals surface area contributed by atoms with E-state index in [1.165, 1.54) is 12.8 Å². The second-order valence-corrected chi connectivity index (χ2v) is 5.87. The Morgan fingerprint density at radius 2 is 2.05 bits per heavy atom. The SMILES string of the molecule is CC(C)NCc1cnc(N(C)CCOCC2CC2)nc1. The Balaban J connectivity index is 1.70. The zero-order valence-electron chi connectivity index (χ0n) is 12.8. The Kier molecular flexibility index (Phi) is 5.73. The van der Waals surface area contributed by atoms with Crippen LogP contribution in [0.15, 0.2) is 12.4 Å². The molecule has 0 unspecified atom stereocenters. The van der Waals surface area contributed by atoms with Gasteiger partial charge in [0.15, 0.2) is 0 Å². The Labute approximate surface area is 121 Å². The minimum Gasteiger partial charge on any atom is -0.379 e. The van der Waals surface area contributed by atoms with E-state index >= 15 is 0 Å². The van der Waals surface area contributed by atoms with Gasteiger partial charge in [0.1, 0.15) is 0 Å². The average molecular weight is 278 g/mol. The molecule has 0 saturated heterocycles. The summed E-state index contributed by atoms with van der Waals surface area (Å²) >= 11 is 0. The molecule has 0 amide bonds. The Hall–Kier alpha value is -1.20. The molecule has 5 heteroatoms. The third kappa shape index (κ3) is 5.43. The molecule has 1 saturated carbocycles. The Morgan fingerprint density at radius 1 is 1.35 bits per heavy atom. The molecule has 1 fully saturated rings. The highest BCUT2D eigenvalue weighted by Crippen LogP contribution is 2.28. The van der Waals surface area contributed by atoms with Crippen molar-refractivity contribution in [2.75, 3.05) is 31.7 Å². The summed E-state index contributed by atoms with van der Waals surface area (Å²) in [7, 11) is 2.00. The minimum atomic E-state index is 0.473. The number of likely N-dealkylation sites (N-methyl/N-ethyl adjacent to an activating group) is 1. The zero-order valence-corrected chi connectivity index (χ0v) is 12.8. The predicted octanol–water partition coefficient (Wildman–Crippen LogP) is 1.84. The van der Waals surface area contributed by atoms with Gasteiger partial charge in [-0.3, -0.25) is 0 Å². The lowest BCUT2D eigenvalue weighted by Gasteiger charge is -2.17. The van der Waals surface area contributed by atoms with Crippen molar-refractivity contribution in [2.45, 2.75) is 39.3 Å². The van der Waals surface area contributed by atoms with Crippen molar-refractivity contribution in [1.29, 1.82) is 0 Å². The highest BCUT2D eigenvalue weighted by Gasteiger charge is 2.21. The molecular weight excluding hydrogens is 252 g/mol. The summed E-state index contributed by atoms with van der Waals surface area (Å²) in [5.41, 5.74) is 1.11. The first-order chi connectivity index (χ1) is 9.65. The highest BCUT2D eigenvalue weighted by molar-refractivity contribution is 5.28. The van der Waals surface area contributed by atoms with Crippen molar-refractivity contribution in [1.82, 2.24) is 15.3 Å². The van der Waals surface area contributed by atoms with E-state index in [0.29, 0.717) is 6.04 Å². The fraction of sp³-hybridized carbons (Fsp3) is 0.733. The van der Waals surface area contributed by atoms with Gasteiger partial charge in [0.05, 0.1) is 6.61 Å². The third-order valence-electron chi connectivity index (χ3n) is 3.37. The zero-order chi connectivity index (χ0) is 14.4. The number of hydrogen-bond donors (Lipinski definition) is 1. The van der Waals surface area contributed by atoms with Crippen molar-refractivity contribution >= 4 is 5.95 Å². The van der Waals surface area contributed by atoms with Crippen molar-refractivity contribution in [3.8, 4) is 0 Å². The van der Waals surface area contributed by atoms with E-state index in [9.17, 15) is 0 Å². The second kappa shape index (κ2) is 7.55. The lowest BCUT2D eigenvalue weighted by atomic mass is 10.3. The van der Waals surface area contributed by atoms with E-state index in [-0.39, 0.29) is 0 Å². The number of ether oxygens (including phenoxy) is 1. The standard InChI is InChI=1S/C15H26N4O/c1-12(2)16-8-14-9-17-15(18-10-14)19(3)6-7-20-11-13-4-5-13/h9-10,12-13,16H,4-8,11H2,1-3H3. The second-order valence-electron chi connectivity index (χ2n) is 5.87. The van der Waals surface area contributed by atoms with Crippen molar-refractivity contribution < 1.29 is 4.74 Å². The highest BCUT2D eigenvalue weighted by atomic mass is 16.5. The molecule has 0 spiro atoms. The number of nitrogens with one attached hydrogen (secondary N) is 1. The normalized spacial score (nSPS) is 14.8. The quantitative estimate of drug-likeness (QED) is 0.699. The first-order valence-corrected chi connectivity index (χ1v) is 7.48. The van der Waals surface area contributed by atoms with Gasteiger partial charge in [-0.15, -0.1) is 0 Å². The molecule has 2 rings (SSSR count). The minimum absolute atomic E-state index is 0.473. The van der Waals surface area contributed by atoms with Crippen molar-refractivity contribution in [3.63, 3.8) is 0 Å². The van der Waals surface area contributed by atoms with Crippen LogP contribution in [-0.2, 0) is 11.3 Å². The molecule has 1 heterocycles. The Morgan fingerprint density at radius 3 is 2.65 bits per heavy atom. The first kappa shape index (κ1) is 15.2. The van der Waals surface area contributed by atoms with Crippen LogP contribution in [0.4, 0.5) is 5.95 Å². The molecule has 0 aromatic carbocycles. The van der Waals surface area contributed by atoms with E-state index in [0.717, 1.165) is 43.7 Å². The van der Waals surface area contributed by atoms with Crippen molar-refractivity contribution in [2.24, 2.45) is 5.92 Å².